The maximum absolute atomic E-state index is 12.4. The van der Waals surface area contributed by atoms with Crippen LogP contribution in [0.3, 0.4) is 0 Å². The molecule has 118 valence electrons. The number of rotatable bonds is 5. The van der Waals surface area contributed by atoms with E-state index in [0.29, 0.717) is 5.39 Å². The van der Waals surface area contributed by atoms with Crippen molar-refractivity contribution in [2.24, 2.45) is 5.41 Å². The third-order valence-corrected chi connectivity index (χ3v) is 4.90. The first-order valence-corrected chi connectivity index (χ1v) is 8.09. The topological polar surface area (TPSA) is 104 Å². The molecular weight excluding hydrogens is 306 g/mol. The van der Waals surface area contributed by atoms with Crippen LogP contribution in [0.2, 0.25) is 0 Å². The van der Waals surface area contributed by atoms with Crippen molar-refractivity contribution in [2.75, 3.05) is 13.2 Å². The molecule has 0 heterocycles. The molecule has 0 unspecified atom stereocenters. The Kier molecular flexibility index (Phi) is 4.50. The van der Waals surface area contributed by atoms with Gasteiger partial charge >= 0.3 is 0 Å². The van der Waals surface area contributed by atoms with Gasteiger partial charge in [0.15, 0.2) is 0 Å². The molecule has 0 radical (unpaired) electrons. The van der Waals surface area contributed by atoms with E-state index >= 15 is 0 Å². The monoisotopic (exact) mass is 323 g/mol. The Morgan fingerprint density at radius 2 is 1.68 bits per heavy atom. The quantitative estimate of drug-likeness (QED) is 0.749. The lowest BCUT2D eigenvalue weighted by Crippen LogP contribution is -2.46. The van der Waals surface area contributed by atoms with Crippen LogP contribution in [0.4, 0.5) is 0 Å². The number of sulfonamides is 1. The van der Waals surface area contributed by atoms with E-state index in [9.17, 15) is 23.4 Å². The lowest BCUT2D eigenvalue weighted by atomic mass is 9.92. The van der Waals surface area contributed by atoms with E-state index in [0.717, 1.165) is 5.39 Å². The summed E-state index contributed by atoms with van der Waals surface area (Å²) in [7, 11) is -4.11. The van der Waals surface area contributed by atoms with E-state index in [1.807, 2.05) is 4.72 Å². The van der Waals surface area contributed by atoms with Gasteiger partial charge < -0.3 is 10.2 Å². The fourth-order valence-corrected chi connectivity index (χ4v) is 3.26. The van der Waals surface area contributed by atoms with Crippen LogP contribution < -0.4 is 4.72 Å². The van der Waals surface area contributed by atoms with E-state index in [1.165, 1.54) is 13.0 Å². The molecule has 2 rings (SSSR count). The molecule has 0 saturated carbocycles. The number of amides is 1. The van der Waals surface area contributed by atoms with Crippen LogP contribution in [0, 0.1) is 5.41 Å². The number of carbonyl (C=O) groups excluding carboxylic acids is 1. The predicted molar refractivity (Wildman–Crippen MR) is 81.6 cm³/mol. The minimum absolute atomic E-state index is 0.0304. The van der Waals surface area contributed by atoms with Crippen LogP contribution in [-0.2, 0) is 14.8 Å². The van der Waals surface area contributed by atoms with Crippen molar-refractivity contribution >= 4 is 26.7 Å². The number of hydrogen-bond acceptors (Lipinski definition) is 5. The Hall–Kier alpha value is -1.96. The fourth-order valence-electron chi connectivity index (χ4n) is 1.92. The Balaban J connectivity index is 2.44. The smallest absolute Gasteiger partial charge is 0.264 e. The highest BCUT2D eigenvalue weighted by atomic mass is 32.2. The molecule has 0 aromatic heterocycles. The Bertz CT molecular complexity index is 791. The molecule has 0 fully saturated rings. The van der Waals surface area contributed by atoms with Gasteiger partial charge in [-0.2, -0.15) is 0 Å². The first-order valence-electron chi connectivity index (χ1n) is 6.61. The summed E-state index contributed by atoms with van der Waals surface area (Å²) in [6.45, 7) is -0.0538. The van der Waals surface area contributed by atoms with Crippen molar-refractivity contribution in [3.8, 4) is 0 Å². The molecule has 1 amide bonds. The van der Waals surface area contributed by atoms with Gasteiger partial charge in [-0.05, 0) is 18.4 Å². The van der Waals surface area contributed by atoms with Crippen molar-refractivity contribution in [3.05, 3.63) is 42.5 Å². The molecule has 3 N–H and O–H groups in total. The minimum atomic E-state index is -4.11. The number of aliphatic hydroxyl groups is 2. The number of carbonyl (C=O) groups is 1. The molecule has 0 atom stereocenters. The summed E-state index contributed by atoms with van der Waals surface area (Å²) in [6, 6.07) is 11.6. The number of benzene rings is 2. The van der Waals surface area contributed by atoms with Crippen LogP contribution >= 0.6 is 0 Å². The maximum atomic E-state index is 12.4. The summed E-state index contributed by atoms with van der Waals surface area (Å²) < 4.78 is 26.8. The molecule has 0 aliphatic rings. The highest BCUT2D eigenvalue weighted by molar-refractivity contribution is 7.90. The van der Waals surface area contributed by atoms with Gasteiger partial charge in [-0.15, -0.1) is 0 Å². The normalized spacial score (nSPS) is 12.3. The highest BCUT2D eigenvalue weighted by Crippen LogP contribution is 2.23. The van der Waals surface area contributed by atoms with Gasteiger partial charge in [-0.1, -0.05) is 36.4 Å². The van der Waals surface area contributed by atoms with Crippen molar-refractivity contribution in [2.45, 2.75) is 11.8 Å². The first kappa shape index (κ1) is 16.4. The van der Waals surface area contributed by atoms with Gasteiger partial charge in [0, 0.05) is 5.39 Å². The lowest BCUT2D eigenvalue weighted by molar-refractivity contribution is -0.132. The van der Waals surface area contributed by atoms with Crippen LogP contribution in [0.15, 0.2) is 47.4 Å². The van der Waals surface area contributed by atoms with Crippen LogP contribution in [-0.4, -0.2) is 37.8 Å². The number of hydrogen-bond donors (Lipinski definition) is 3. The van der Waals surface area contributed by atoms with Crippen LogP contribution in [0.25, 0.3) is 10.8 Å². The zero-order valence-corrected chi connectivity index (χ0v) is 12.8. The molecular formula is C15H17NO5S. The molecule has 0 spiro atoms. The fraction of sp³-hybridized carbons (Fsp3) is 0.267. The minimum Gasteiger partial charge on any atom is -0.395 e. The number of fused-ring (bicyclic) bond motifs is 1. The Morgan fingerprint density at radius 1 is 1.09 bits per heavy atom. The van der Waals surface area contributed by atoms with E-state index in [2.05, 4.69) is 0 Å². The third-order valence-electron chi connectivity index (χ3n) is 3.51. The molecule has 7 heteroatoms. The third kappa shape index (κ3) is 2.96. The second-order valence-corrected chi connectivity index (χ2v) is 6.94. The van der Waals surface area contributed by atoms with E-state index in [4.69, 9.17) is 0 Å². The summed E-state index contributed by atoms with van der Waals surface area (Å²) in [6.07, 6.45) is 0. The Morgan fingerprint density at radius 3 is 2.32 bits per heavy atom. The van der Waals surface area contributed by atoms with Crippen molar-refractivity contribution < 1.29 is 23.4 Å². The van der Waals surface area contributed by atoms with Gasteiger partial charge in [-0.25, -0.2) is 13.1 Å². The molecule has 0 bridgehead atoms. The van der Waals surface area contributed by atoms with Crippen molar-refractivity contribution in [3.63, 3.8) is 0 Å². The number of aliphatic hydroxyl groups excluding tert-OH is 2. The molecule has 0 aliphatic carbocycles. The zero-order chi connectivity index (χ0) is 16.4. The lowest BCUT2D eigenvalue weighted by Gasteiger charge is -2.23. The molecule has 6 nitrogen and oxygen atoms in total. The summed E-state index contributed by atoms with van der Waals surface area (Å²) in [5, 5.41) is 19.6. The van der Waals surface area contributed by atoms with Gasteiger partial charge in [0.2, 0.25) is 5.91 Å². The summed E-state index contributed by atoms with van der Waals surface area (Å²) in [4.78, 5) is 12.0. The van der Waals surface area contributed by atoms with Crippen LogP contribution in [0.1, 0.15) is 6.92 Å². The van der Waals surface area contributed by atoms with Gasteiger partial charge in [0.1, 0.15) is 0 Å². The van der Waals surface area contributed by atoms with E-state index < -0.39 is 34.6 Å². The maximum Gasteiger partial charge on any atom is 0.264 e. The van der Waals surface area contributed by atoms with Crippen molar-refractivity contribution in [1.29, 1.82) is 0 Å². The summed E-state index contributed by atoms with van der Waals surface area (Å²) in [5.74, 6) is -0.953. The molecule has 0 saturated heterocycles. The van der Waals surface area contributed by atoms with E-state index in [-0.39, 0.29) is 4.90 Å². The largest absolute Gasteiger partial charge is 0.395 e. The summed E-state index contributed by atoms with van der Waals surface area (Å²) >= 11 is 0. The Labute approximate surface area is 128 Å². The van der Waals surface area contributed by atoms with E-state index in [1.54, 1.807) is 36.4 Å². The first-order chi connectivity index (χ1) is 10.3. The highest BCUT2D eigenvalue weighted by Gasteiger charge is 2.35. The standard InChI is InChI=1S/C15H17NO5S/c1-15(9-17,10-18)14(19)16-22(20,21)13-8-4-6-11-5-2-3-7-12(11)13/h2-8,17-18H,9-10H2,1H3,(H,16,19). The average Bonchev–Trinajstić information content (AvgIpc) is 2.53. The second kappa shape index (κ2) is 6.04. The molecule has 2 aromatic rings. The van der Waals surface area contributed by atoms with Gasteiger partial charge in [-0.3, -0.25) is 4.79 Å². The summed E-state index contributed by atoms with van der Waals surface area (Å²) in [5.41, 5.74) is -1.57. The second-order valence-electron chi connectivity index (χ2n) is 5.29. The predicted octanol–water partition coefficient (Wildman–Crippen LogP) is 0.636. The number of nitrogens with one attached hydrogen (secondary N) is 1. The van der Waals surface area contributed by atoms with Gasteiger partial charge in [0.25, 0.3) is 10.0 Å². The average molecular weight is 323 g/mol. The molecule has 22 heavy (non-hydrogen) atoms. The zero-order valence-electron chi connectivity index (χ0n) is 12.0. The molecule has 2 aromatic carbocycles. The molecule has 0 aliphatic heterocycles. The van der Waals surface area contributed by atoms with Crippen molar-refractivity contribution in [1.82, 2.24) is 4.72 Å². The van der Waals surface area contributed by atoms with Gasteiger partial charge in [0.05, 0.1) is 23.5 Å². The van der Waals surface area contributed by atoms with Crippen LogP contribution in [0.5, 0.6) is 0 Å². The SMILES string of the molecule is CC(CO)(CO)C(=O)NS(=O)(=O)c1cccc2ccccc12.